The summed E-state index contributed by atoms with van der Waals surface area (Å²) >= 11 is 0. The maximum Gasteiger partial charge on any atom is 0.000216 e. The van der Waals surface area contributed by atoms with E-state index in [1.165, 1.54) is 25.7 Å². The van der Waals surface area contributed by atoms with Gasteiger partial charge in [-0.15, -0.1) is 0 Å². The lowest BCUT2D eigenvalue weighted by Crippen LogP contribution is -2.31. The van der Waals surface area contributed by atoms with E-state index in [1.807, 2.05) is 0 Å². The highest BCUT2D eigenvalue weighted by Gasteiger charge is 2.24. The average Bonchev–Trinajstić information content (AvgIpc) is 2.15. The molecule has 1 N–H and O–H groups in total. The summed E-state index contributed by atoms with van der Waals surface area (Å²) in [7, 11) is 2.06. The predicted octanol–water partition coefficient (Wildman–Crippen LogP) is 3.45. The maximum absolute atomic E-state index is 3.31. The van der Waals surface area contributed by atoms with E-state index in [4.69, 9.17) is 0 Å². The van der Waals surface area contributed by atoms with Gasteiger partial charge in [0.25, 0.3) is 0 Å². The Morgan fingerprint density at radius 1 is 1.15 bits per heavy atom. The molecule has 0 saturated carbocycles. The second-order valence-corrected chi connectivity index (χ2v) is 4.58. The van der Waals surface area contributed by atoms with Gasteiger partial charge in [-0.25, -0.2) is 0 Å². The minimum atomic E-state index is 0.505. The Morgan fingerprint density at radius 2 is 1.69 bits per heavy atom. The zero-order valence-corrected chi connectivity index (χ0v) is 10.1. The van der Waals surface area contributed by atoms with Gasteiger partial charge >= 0.3 is 0 Å². The largest absolute Gasteiger partial charge is 0.319 e. The molecule has 0 aliphatic heterocycles. The highest BCUT2D eigenvalue weighted by Crippen LogP contribution is 2.31. The van der Waals surface area contributed by atoms with Crippen molar-refractivity contribution in [3.8, 4) is 0 Å². The van der Waals surface area contributed by atoms with Crippen LogP contribution in [0.2, 0.25) is 0 Å². The molecular formula is C12H27N. The molecule has 0 aliphatic rings. The molecule has 0 radical (unpaired) electrons. The van der Waals surface area contributed by atoms with Gasteiger partial charge in [-0.3, -0.25) is 0 Å². The van der Waals surface area contributed by atoms with Crippen LogP contribution in [0.5, 0.6) is 0 Å². The maximum atomic E-state index is 3.31. The molecule has 0 aromatic heterocycles. The molecule has 0 saturated heterocycles. The zero-order chi connectivity index (χ0) is 10.3. The van der Waals surface area contributed by atoms with Crippen LogP contribution in [0.1, 0.15) is 53.4 Å². The molecule has 80 valence electrons. The molecule has 0 aromatic carbocycles. The van der Waals surface area contributed by atoms with Crippen molar-refractivity contribution in [3.63, 3.8) is 0 Å². The molecule has 1 heteroatoms. The summed E-state index contributed by atoms with van der Waals surface area (Å²) in [5.41, 5.74) is 0.505. The first-order chi connectivity index (χ1) is 6.11. The molecule has 0 amide bonds. The van der Waals surface area contributed by atoms with Gasteiger partial charge in [0.2, 0.25) is 0 Å². The lowest BCUT2D eigenvalue weighted by Gasteiger charge is -2.31. The van der Waals surface area contributed by atoms with Gasteiger partial charge in [-0.1, -0.05) is 40.5 Å². The second-order valence-electron chi connectivity index (χ2n) is 4.58. The zero-order valence-electron chi connectivity index (χ0n) is 10.1. The Balaban J connectivity index is 4.07. The summed E-state index contributed by atoms with van der Waals surface area (Å²) in [6, 6.07) is 0. The summed E-state index contributed by atoms with van der Waals surface area (Å²) in [5.74, 6) is 0.915. The number of hydrogen-bond donors (Lipinski definition) is 1. The van der Waals surface area contributed by atoms with E-state index in [1.54, 1.807) is 0 Å². The van der Waals surface area contributed by atoms with Crippen molar-refractivity contribution in [2.45, 2.75) is 53.4 Å². The van der Waals surface area contributed by atoms with Gasteiger partial charge in [0.1, 0.15) is 0 Å². The van der Waals surface area contributed by atoms with E-state index < -0.39 is 0 Å². The van der Waals surface area contributed by atoms with Gasteiger partial charge in [0.05, 0.1) is 0 Å². The van der Waals surface area contributed by atoms with Crippen LogP contribution < -0.4 is 5.32 Å². The van der Waals surface area contributed by atoms with Gasteiger partial charge in [0.15, 0.2) is 0 Å². The first-order valence-corrected chi connectivity index (χ1v) is 5.76. The van der Waals surface area contributed by atoms with Crippen LogP contribution in [0.15, 0.2) is 0 Å². The molecule has 0 bridgehead atoms. The fraction of sp³-hybridized carbons (Fsp3) is 1.00. The minimum absolute atomic E-state index is 0.505. The van der Waals surface area contributed by atoms with Crippen molar-refractivity contribution in [1.29, 1.82) is 0 Å². The van der Waals surface area contributed by atoms with E-state index in [2.05, 4.69) is 40.1 Å². The van der Waals surface area contributed by atoms with Gasteiger partial charge in [-0.2, -0.15) is 0 Å². The summed E-state index contributed by atoms with van der Waals surface area (Å²) in [4.78, 5) is 0. The van der Waals surface area contributed by atoms with Gasteiger partial charge < -0.3 is 5.32 Å². The first kappa shape index (κ1) is 13.0. The van der Waals surface area contributed by atoms with E-state index in [9.17, 15) is 0 Å². The quantitative estimate of drug-likeness (QED) is 0.640. The topological polar surface area (TPSA) is 12.0 Å². The van der Waals surface area contributed by atoms with Crippen LogP contribution in [0.4, 0.5) is 0 Å². The summed E-state index contributed by atoms with van der Waals surface area (Å²) in [6.45, 7) is 10.5. The van der Waals surface area contributed by atoms with E-state index in [0.29, 0.717) is 5.41 Å². The number of nitrogens with one attached hydrogen (secondary N) is 1. The third kappa shape index (κ3) is 4.66. The third-order valence-electron chi connectivity index (χ3n) is 3.39. The molecule has 1 atom stereocenters. The molecule has 0 aromatic rings. The Bertz CT molecular complexity index is 118. The lowest BCUT2D eigenvalue weighted by molar-refractivity contribution is 0.218. The van der Waals surface area contributed by atoms with Crippen molar-refractivity contribution >= 4 is 0 Å². The predicted molar refractivity (Wildman–Crippen MR) is 61.0 cm³/mol. The Hall–Kier alpha value is -0.0400. The van der Waals surface area contributed by atoms with E-state index >= 15 is 0 Å². The van der Waals surface area contributed by atoms with Crippen molar-refractivity contribution in [3.05, 3.63) is 0 Å². The normalized spacial score (nSPS) is 16.2. The fourth-order valence-electron chi connectivity index (χ4n) is 2.04. The average molecular weight is 185 g/mol. The van der Waals surface area contributed by atoms with Gasteiger partial charge in [0, 0.05) is 6.54 Å². The van der Waals surface area contributed by atoms with Crippen LogP contribution in [-0.4, -0.2) is 13.6 Å². The first-order valence-electron chi connectivity index (χ1n) is 5.76. The highest BCUT2D eigenvalue weighted by atomic mass is 14.8. The summed E-state index contributed by atoms with van der Waals surface area (Å²) < 4.78 is 0. The molecule has 0 rings (SSSR count). The third-order valence-corrected chi connectivity index (χ3v) is 3.39. The lowest BCUT2D eigenvalue weighted by atomic mass is 9.77. The van der Waals surface area contributed by atoms with Crippen molar-refractivity contribution in [1.82, 2.24) is 5.32 Å². The number of hydrogen-bond acceptors (Lipinski definition) is 1. The molecule has 0 spiro atoms. The van der Waals surface area contributed by atoms with Gasteiger partial charge in [-0.05, 0) is 31.2 Å². The second kappa shape index (κ2) is 6.42. The smallest absolute Gasteiger partial charge is 0.000216 e. The summed E-state index contributed by atoms with van der Waals surface area (Å²) in [6.07, 6.45) is 5.31. The highest BCUT2D eigenvalue weighted by molar-refractivity contribution is 4.77. The Labute approximate surface area is 84.3 Å². The molecule has 0 aliphatic carbocycles. The SMILES string of the molecule is CCC(CC)CC(C)(CC)CNC. The van der Waals surface area contributed by atoms with Crippen LogP contribution >= 0.6 is 0 Å². The molecule has 13 heavy (non-hydrogen) atoms. The fourth-order valence-corrected chi connectivity index (χ4v) is 2.04. The molecule has 0 fully saturated rings. The standard InChI is InChI=1S/C12H27N/c1-6-11(7-2)9-12(4,8-3)10-13-5/h11,13H,6-10H2,1-5H3. The van der Waals surface area contributed by atoms with Crippen LogP contribution in [-0.2, 0) is 0 Å². The van der Waals surface area contributed by atoms with Crippen LogP contribution in [0.25, 0.3) is 0 Å². The molecular weight excluding hydrogens is 158 g/mol. The molecule has 1 nitrogen and oxygen atoms in total. The van der Waals surface area contributed by atoms with E-state index in [0.717, 1.165) is 12.5 Å². The monoisotopic (exact) mass is 185 g/mol. The Morgan fingerprint density at radius 3 is 2.00 bits per heavy atom. The van der Waals surface area contributed by atoms with Crippen LogP contribution in [0, 0.1) is 11.3 Å². The minimum Gasteiger partial charge on any atom is -0.319 e. The number of rotatable bonds is 7. The van der Waals surface area contributed by atoms with E-state index in [-0.39, 0.29) is 0 Å². The van der Waals surface area contributed by atoms with Crippen molar-refractivity contribution < 1.29 is 0 Å². The molecule has 0 heterocycles. The summed E-state index contributed by atoms with van der Waals surface area (Å²) in [5, 5.41) is 3.31. The van der Waals surface area contributed by atoms with Crippen LogP contribution in [0.3, 0.4) is 0 Å². The molecule has 1 unspecified atom stereocenters. The Kier molecular flexibility index (Phi) is 6.40. The van der Waals surface area contributed by atoms with Crippen molar-refractivity contribution in [2.75, 3.05) is 13.6 Å². The van der Waals surface area contributed by atoms with Crippen molar-refractivity contribution in [2.24, 2.45) is 11.3 Å².